The Morgan fingerprint density at radius 2 is 2.06 bits per heavy atom. The van der Waals surface area contributed by atoms with Crippen LogP contribution in [0, 0.1) is 0 Å². The van der Waals surface area contributed by atoms with Crippen LogP contribution in [0.1, 0.15) is 32.1 Å². The summed E-state index contributed by atoms with van der Waals surface area (Å²) < 4.78 is 10.4. The van der Waals surface area contributed by atoms with Crippen molar-refractivity contribution >= 4 is 0 Å². The predicted octanol–water partition coefficient (Wildman–Crippen LogP) is 1.28. The average molecular weight is 245 g/mol. The molecule has 0 spiro atoms. The van der Waals surface area contributed by atoms with Crippen LogP contribution in [0.2, 0.25) is 0 Å². The summed E-state index contributed by atoms with van der Waals surface area (Å²) in [6.45, 7) is 4.60. The van der Waals surface area contributed by atoms with E-state index in [0.717, 1.165) is 32.5 Å². The largest absolute Gasteiger partial charge is 0.395 e. The Morgan fingerprint density at radius 1 is 1.18 bits per heavy atom. The van der Waals surface area contributed by atoms with Gasteiger partial charge in [0, 0.05) is 26.3 Å². The second-order valence-electron chi connectivity index (χ2n) is 4.68. The zero-order chi connectivity index (χ0) is 12.3. The molecule has 17 heavy (non-hydrogen) atoms. The fourth-order valence-corrected chi connectivity index (χ4v) is 2.35. The molecule has 1 aliphatic heterocycles. The Balaban J connectivity index is 2.10. The summed E-state index contributed by atoms with van der Waals surface area (Å²) in [5, 5.41) is 9.37. The van der Waals surface area contributed by atoms with E-state index in [4.69, 9.17) is 9.47 Å². The van der Waals surface area contributed by atoms with Gasteiger partial charge in [0.2, 0.25) is 0 Å². The first-order valence-corrected chi connectivity index (χ1v) is 6.80. The first-order chi connectivity index (χ1) is 8.38. The van der Waals surface area contributed by atoms with Crippen LogP contribution in [0.25, 0.3) is 0 Å². The fourth-order valence-electron chi connectivity index (χ4n) is 2.35. The number of nitrogens with zero attached hydrogens (tertiary/aromatic N) is 1. The van der Waals surface area contributed by atoms with Crippen molar-refractivity contribution in [3.05, 3.63) is 0 Å². The molecule has 0 aliphatic carbocycles. The van der Waals surface area contributed by atoms with Gasteiger partial charge in [0.25, 0.3) is 0 Å². The summed E-state index contributed by atoms with van der Waals surface area (Å²) in [5.74, 6) is 0. The Hall–Kier alpha value is -0.160. The van der Waals surface area contributed by atoms with Gasteiger partial charge in [-0.1, -0.05) is 12.8 Å². The molecule has 0 bridgehead atoms. The quantitative estimate of drug-likeness (QED) is 0.654. The lowest BCUT2D eigenvalue weighted by Gasteiger charge is -2.28. The molecule has 4 heteroatoms. The van der Waals surface area contributed by atoms with Gasteiger partial charge in [0.1, 0.15) is 0 Å². The van der Waals surface area contributed by atoms with Crippen molar-refractivity contribution in [2.45, 2.75) is 38.1 Å². The molecular weight excluding hydrogens is 218 g/mol. The van der Waals surface area contributed by atoms with E-state index in [0.29, 0.717) is 25.9 Å². The first kappa shape index (κ1) is 14.9. The van der Waals surface area contributed by atoms with E-state index in [-0.39, 0.29) is 0 Å². The minimum absolute atomic E-state index is 0.296. The predicted molar refractivity (Wildman–Crippen MR) is 68.2 cm³/mol. The van der Waals surface area contributed by atoms with Gasteiger partial charge in [-0.05, 0) is 25.8 Å². The SMILES string of the molecule is COCCOCCCN1CCCCCC1CO. The maximum atomic E-state index is 9.37. The zero-order valence-electron chi connectivity index (χ0n) is 11.1. The summed E-state index contributed by atoms with van der Waals surface area (Å²) in [6, 6.07) is 0.372. The molecule has 0 radical (unpaired) electrons. The number of rotatable bonds is 8. The van der Waals surface area contributed by atoms with E-state index < -0.39 is 0 Å². The second-order valence-corrected chi connectivity index (χ2v) is 4.68. The van der Waals surface area contributed by atoms with Crippen LogP contribution in [-0.2, 0) is 9.47 Å². The van der Waals surface area contributed by atoms with Crippen LogP contribution >= 0.6 is 0 Å². The molecule has 0 saturated carbocycles. The molecule has 1 saturated heterocycles. The molecule has 1 heterocycles. The lowest BCUT2D eigenvalue weighted by Crippen LogP contribution is -2.38. The molecule has 1 aliphatic rings. The van der Waals surface area contributed by atoms with Crippen LogP contribution in [-0.4, -0.2) is 62.7 Å². The topological polar surface area (TPSA) is 41.9 Å². The number of methoxy groups -OCH3 is 1. The van der Waals surface area contributed by atoms with Crippen LogP contribution < -0.4 is 0 Å². The molecule has 1 atom stereocenters. The van der Waals surface area contributed by atoms with Gasteiger partial charge < -0.3 is 14.6 Å². The number of ether oxygens (including phenoxy) is 2. The minimum Gasteiger partial charge on any atom is -0.395 e. The Morgan fingerprint density at radius 3 is 2.82 bits per heavy atom. The van der Waals surface area contributed by atoms with Crippen LogP contribution in [0.3, 0.4) is 0 Å². The standard InChI is InChI=1S/C13H27NO3/c1-16-10-11-17-9-5-8-14-7-4-2-3-6-13(14)12-15/h13,15H,2-12H2,1H3. The maximum Gasteiger partial charge on any atom is 0.0700 e. The van der Waals surface area contributed by atoms with Gasteiger partial charge in [-0.15, -0.1) is 0 Å². The minimum atomic E-state index is 0.296. The normalized spacial score (nSPS) is 22.6. The Labute approximate surface area is 105 Å². The molecule has 1 rings (SSSR count). The third-order valence-electron chi connectivity index (χ3n) is 3.38. The monoisotopic (exact) mass is 245 g/mol. The van der Waals surface area contributed by atoms with Crippen LogP contribution in [0.5, 0.6) is 0 Å². The highest BCUT2D eigenvalue weighted by Crippen LogP contribution is 2.16. The summed E-state index contributed by atoms with van der Waals surface area (Å²) in [4.78, 5) is 2.42. The van der Waals surface area contributed by atoms with Crippen molar-refractivity contribution in [3.8, 4) is 0 Å². The summed E-state index contributed by atoms with van der Waals surface area (Å²) >= 11 is 0. The molecule has 1 unspecified atom stereocenters. The summed E-state index contributed by atoms with van der Waals surface area (Å²) in [7, 11) is 1.69. The van der Waals surface area contributed by atoms with E-state index in [1.54, 1.807) is 7.11 Å². The molecular formula is C13H27NO3. The third-order valence-corrected chi connectivity index (χ3v) is 3.38. The number of aliphatic hydroxyl groups excluding tert-OH is 1. The van der Waals surface area contributed by atoms with Crippen molar-refractivity contribution in [3.63, 3.8) is 0 Å². The van der Waals surface area contributed by atoms with Gasteiger partial charge in [-0.2, -0.15) is 0 Å². The second kappa shape index (κ2) is 9.83. The smallest absolute Gasteiger partial charge is 0.0700 e. The van der Waals surface area contributed by atoms with Gasteiger partial charge in [-0.25, -0.2) is 0 Å². The highest BCUT2D eigenvalue weighted by Gasteiger charge is 2.19. The molecule has 1 N–H and O–H groups in total. The van der Waals surface area contributed by atoms with Gasteiger partial charge in [0.15, 0.2) is 0 Å². The molecule has 102 valence electrons. The summed E-state index contributed by atoms with van der Waals surface area (Å²) in [5.41, 5.74) is 0. The van der Waals surface area contributed by atoms with Crippen molar-refractivity contribution in [1.29, 1.82) is 0 Å². The third kappa shape index (κ3) is 6.36. The van der Waals surface area contributed by atoms with Gasteiger partial charge in [0.05, 0.1) is 19.8 Å². The van der Waals surface area contributed by atoms with Crippen LogP contribution in [0.15, 0.2) is 0 Å². The number of aliphatic hydroxyl groups is 1. The Kier molecular flexibility index (Phi) is 8.61. The van der Waals surface area contributed by atoms with E-state index >= 15 is 0 Å². The maximum absolute atomic E-state index is 9.37. The molecule has 0 amide bonds. The molecule has 4 nitrogen and oxygen atoms in total. The summed E-state index contributed by atoms with van der Waals surface area (Å²) in [6.07, 6.45) is 6.01. The van der Waals surface area contributed by atoms with E-state index in [1.807, 2.05) is 0 Å². The van der Waals surface area contributed by atoms with Crippen molar-refractivity contribution in [1.82, 2.24) is 4.90 Å². The van der Waals surface area contributed by atoms with Crippen molar-refractivity contribution in [2.75, 3.05) is 46.6 Å². The van der Waals surface area contributed by atoms with Crippen molar-refractivity contribution in [2.24, 2.45) is 0 Å². The van der Waals surface area contributed by atoms with E-state index in [2.05, 4.69) is 4.90 Å². The average Bonchev–Trinajstić information content (AvgIpc) is 2.58. The molecule has 1 fully saturated rings. The van der Waals surface area contributed by atoms with Crippen LogP contribution in [0.4, 0.5) is 0 Å². The number of hydrogen-bond acceptors (Lipinski definition) is 4. The van der Waals surface area contributed by atoms with Gasteiger partial charge >= 0.3 is 0 Å². The van der Waals surface area contributed by atoms with Crippen molar-refractivity contribution < 1.29 is 14.6 Å². The fraction of sp³-hybridized carbons (Fsp3) is 1.00. The highest BCUT2D eigenvalue weighted by atomic mass is 16.5. The lowest BCUT2D eigenvalue weighted by molar-refractivity contribution is 0.0588. The van der Waals surface area contributed by atoms with E-state index in [1.165, 1.54) is 19.3 Å². The Bertz CT molecular complexity index is 178. The first-order valence-electron chi connectivity index (χ1n) is 6.80. The molecule has 0 aromatic rings. The number of hydrogen-bond donors (Lipinski definition) is 1. The van der Waals surface area contributed by atoms with Gasteiger partial charge in [-0.3, -0.25) is 4.90 Å². The zero-order valence-corrected chi connectivity index (χ0v) is 11.1. The highest BCUT2D eigenvalue weighted by molar-refractivity contribution is 4.74. The molecule has 0 aromatic carbocycles. The lowest BCUT2D eigenvalue weighted by atomic mass is 10.1. The van der Waals surface area contributed by atoms with E-state index in [9.17, 15) is 5.11 Å². The molecule has 0 aromatic heterocycles. The number of likely N-dealkylation sites (tertiary alicyclic amines) is 1.